The summed E-state index contributed by atoms with van der Waals surface area (Å²) in [5.74, 6) is -0.497. The zero-order valence-corrected chi connectivity index (χ0v) is 16.4. The van der Waals surface area contributed by atoms with Gasteiger partial charge in [0.1, 0.15) is 5.00 Å². The Morgan fingerprint density at radius 2 is 1.93 bits per heavy atom. The molecule has 2 aromatic carbocycles. The van der Waals surface area contributed by atoms with Crippen molar-refractivity contribution in [1.82, 2.24) is 4.90 Å². The first kappa shape index (κ1) is 18.5. The van der Waals surface area contributed by atoms with Crippen molar-refractivity contribution >= 4 is 44.7 Å². The summed E-state index contributed by atoms with van der Waals surface area (Å²) in [6.45, 7) is 4.74. The van der Waals surface area contributed by atoms with Gasteiger partial charge in [-0.2, -0.15) is 0 Å². The van der Waals surface area contributed by atoms with Gasteiger partial charge in [0.2, 0.25) is 0 Å². The van der Waals surface area contributed by atoms with Crippen molar-refractivity contribution in [1.29, 1.82) is 0 Å². The molecule has 7 heteroatoms. The van der Waals surface area contributed by atoms with Crippen LogP contribution in [-0.4, -0.2) is 29.9 Å². The Morgan fingerprint density at radius 1 is 1.14 bits per heavy atom. The second-order valence-electron chi connectivity index (χ2n) is 6.83. The van der Waals surface area contributed by atoms with E-state index in [4.69, 9.17) is 5.73 Å². The lowest BCUT2D eigenvalue weighted by atomic mass is 10.0. The van der Waals surface area contributed by atoms with E-state index in [1.54, 1.807) is 0 Å². The topological polar surface area (TPSA) is 87.5 Å². The van der Waals surface area contributed by atoms with Crippen LogP contribution in [0, 0.1) is 0 Å². The average Bonchev–Trinajstić information content (AvgIpc) is 3.04. The lowest BCUT2D eigenvalue weighted by molar-refractivity contribution is 0.1000. The number of nitrogens with zero attached hydrogens (tertiary/aromatic N) is 1. The van der Waals surface area contributed by atoms with Gasteiger partial charge in [0, 0.05) is 23.7 Å². The number of benzene rings is 2. The van der Waals surface area contributed by atoms with Crippen molar-refractivity contribution in [3.63, 3.8) is 0 Å². The number of fused-ring (bicyclic) bond motifs is 2. The van der Waals surface area contributed by atoms with E-state index in [0.717, 1.165) is 47.3 Å². The Bertz CT molecular complexity index is 1060. The fraction of sp³-hybridized carbons (Fsp3) is 0.238. The Labute approximate surface area is 167 Å². The summed E-state index contributed by atoms with van der Waals surface area (Å²) in [5.41, 5.74) is 7.74. The maximum Gasteiger partial charge on any atom is 0.324 e. The fourth-order valence-electron chi connectivity index (χ4n) is 3.61. The molecule has 0 fully saturated rings. The molecule has 1 aromatic heterocycles. The molecule has 1 aliphatic rings. The van der Waals surface area contributed by atoms with Crippen LogP contribution in [0.2, 0.25) is 0 Å². The third-order valence-electron chi connectivity index (χ3n) is 5.06. The number of hydrogen-bond acceptors (Lipinski definition) is 4. The monoisotopic (exact) mass is 394 g/mol. The fourth-order valence-corrected chi connectivity index (χ4v) is 4.90. The summed E-state index contributed by atoms with van der Waals surface area (Å²) >= 11 is 1.44. The first-order valence-electron chi connectivity index (χ1n) is 9.28. The van der Waals surface area contributed by atoms with Gasteiger partial charge in [-0.15, -0.1) is 11.3 Å². The van der Waals surface area contributed by atoms with E-state index in [2.05, 4.69) is 22.5 Å². The van der Waals surface area contributed by atoms with Crippen molar-refractivity contribution < 1.29 is 9.59 Å². The van der Waals surface area contributed by atoms with Gasteiger partial charge in [-0.25, -0.2) is 4.79 Å². The van der Waals surface area contributed by atoms with E-state index in [9.17, 15) is 9.59 Å². The highest BCUT2D eigenvalue weighted by Crippen LogP contribution is 2.37. The molecule has 0 radical (unpaired) electrons. The number of thiophene rings is 1. The first-order valence-corrected chi connectivity index (χ1v) is 10.1. The molecule has 0 unspecified atom stereocenters. The minimum Gasteiger partial charge on any atom is -0.365 e. The van der Waals surface area contributed by atoms with Crippen molar-refractivity contribution in [2.24, 2.45) is 5.73 Å². The molecular formula is C21H22N4O2S. The van der Waals surface area contributed by atoms with Crippen LogP contribution >= 0.6 is 11.3 Å². The lowest BCUT2D eigenvalue weighted by Crippen LogP contribution is -2.30. The van der Waals surface area contributed by atoms with Crippen molar-refractivity contribution in [2.75, 3.05) is 23.7 Å². The molecule has 6 nitrogen and oxygen atoms in total. The molecule has 0 aliphatic carbocycles. The second-order valence-corrected chi connectivity index (χ2v) is 7.94. The molecule has 0 saturated heterocycles. The van der Waals surface area contributed by atoms with Crippen LogP contribution in [0.3, 0.4) is 0 Å². The van der Waals surface area contributed by atoms with E-state index in [1.165, 1.54) is 11.3 Å². The van der Waals surface area contributed by atoms with E-state index in [-0.39, 0.29) is 6.03 Å². The Balaban J connectivity index is 1.55. The summed E-state index contributed by atoms with van der Waals surface area (Å²) in [6.07, 6.45) is 0.770. The third-order valence-corrected chi connectivity index (χ3v) is 6.20. The van der Waals surface area contributed by atoms with Crippen LogP contribution in [0.25, 0.3) is 10.8 Å². The highest BCUT2D eigenvalue weighted by atomic mass is 32.1. The number of nitrogens with one attached hydrogen (secondary N) is 2. The number of likely N-dealkylation sites (N-methyl/N-ethyl adjacent to an activating group) is 1. The van der Waals surface area contributed by atoms with Gasteiger partial charge in [-0.05, 0) is 41.4 Å². The van der Waals surface area contributed by atoms with Gasteiger partial charge >= 0.3 is 6.03 Å². The minimum absolute atomic E-state index is 0.385. The predicted molar refractivity (Wildman–Crippen MR) is 114 cm³/mol. The maximum absolute atomic E-state index is 12.5. The molecule has 144 valence electrons. The molecule has 4 N–H and O–H groups in total. The number of nitrogens with two attached hydrogens (primary N) is 1. The summed E-state index contributed by atoms with van der Waals surface area (Å²) in [5, 5.41) is 8.35. The minimum atomic E-state index is -0.497. The molecule has 2 heterocycles. The molecule has 0 atom stereocenters. The van der Waals surface area contributed by atoms with E-state index in [0.29, 0.717) is 16.3 Å². The Morgan fingerprint density at radius 3 is 2.68 bits per heavy atom. The molecule has 4 rings (SSSR count). The molecule has 0 spiro atoms. The predicted octanol–water partition coefficient (Wildman–Crippen LogP) is 4.02. The van der Waals surface area contributed by atoms with Crippen molar-refractivity contribution in [3.8, 4) is 0 Å². The molecule has 0 saturated carbocycles. The van der Waals surface area contributed by atoms with Crippen molar-refractivity contribution in [3.05, 3.63) is 58.5 Å². The molecule has 3 aromatic rings. The van der Waals surface area contributed by atoms with Gasteiger partial charge in [-0.1, -0.05) is 37.3 Å². The van der Waals surface area contributed by atoms with Crippen LogP contribution in [-0.2, 0) is 13.0 Å². The number of urea groups is 1. The lowest BCUT2D eigenvalue weighted by Gasteiger charge is -2.25. The number of rotatable bonds is 4. The van der Waals surface area contributed by atoms with E-state index < -0.39 is 5.91 Å². The highest BCUT2D eigenvalue weighted by Gasteiger charge is 2.27. The summed E-state index contributed by atoms with van der Waals surface area (Å²) < 4.78 is 0. The van der Waals surface area contributed by atoms with Crippen LogP contribution in [0.15, 0.2) is 42.5 Å². The number of carbonyl (C=O) groups excluding carboxylic acids is 2. The Hall–Kier alpha value is -2.90. The molecule has 3 amide bonds. The van der Waals surface area contributed by atoms with Crippen LogP contribution in [0.5, 0.6) is 0 Å². The van der Waals surface area contributed by atoms with Gasteiger partial charge in [0.05, 0.1) is 5.56 Å². The third kappa shape index (κ3) is 3.58. The summed E-state index contributed by atoms with van der Waals surface area (Å²) in [7, 11) is 0. The van der Waals surface area contributed by atoms with Gasteiger partial charge in [0.15, 0.2) is 0 Å². The van der Waals surface area contributed by atoms with E-state index in [1.807, 2.05) is 42.5 Å². The zero-order chi connectivity index (χ0) is 19.7. The highest BCUT2D eigenvalue weighted by molar-refractivity contribution is 7.17. The van der Waals surface area contributed by atoms with Crippen LogP contribution in [0.4, 0.5) is 15.5 Å². The van der Waals surface area contributed by atoms with E-state index >= 15 is 0 Å². The summed E-state index contributed by atoms with van der Waals surface area (Å²) in [6, 6.07) is 13.3. The smallest absolute Gasteiger partial charge is 0.324 e. The number of primary amides is 1. The first-order chi connectivity index (χ1) is 13.5. The Kier molecular flexibility index (Phi) is 5.02. The normalized spacial score (nSPS) is 13.9. The standard InChI is InChI=1S/C21H22N4O2S/c1-2-25-10-9-16-17(12-25)28-20(18(16)19(22)26)24-21(27)23-15-8-7-13-5-3-4-6-14(13)11-15/h3-8,11H,2,9-10,12H2,1H3,(H2,22,26)(H2,23,24,27). The number of carbonyl (C=O) groups is 2. The molecule has 0 bridgehead atoms. The van der Waals surface area contributed by atoms with Gasteiger partial charge < -0.3 is 11.1 Å². The summed E-state index contributed by atoms with van der Waals surface area (Å²) in [4.78, 5) is 28.0. The average molecular weight is 395 g/mol. The van der Waals surface area contributed by atoms with Gasteiger partial charge in [-0.3, -0.25) is 15.0 Å². The molecule has 28 heavy (non-hydrogen) atoms. The maximum atomic E-state index is 12.5. The second kappa shape index (κ2) is 7.61. The zero-order valence-electron chi connectivity index (χ0n) is 15.6. The van der Waals surface area contributed by atoms with Gasteiger partial charge in [0.25, 0.3) is 5.91 Å². The SMILES string of the molecule is CCN1CCc2c(sc(NC(=O)Nc3ccc4ccccc4c3)c2C(N)=O)C1. The quantitative estimate of drug-likeness (QED) is 0.624. The molecular weight excluding hydrogens is 372 g/mol. The molecule has 1 aliphatic heterocycles. The van der Waals surface area contributed by atoms with Crippen LogP contribution in [0.1, 0.15) is 27.7 Å². The van der Waals surface area contributed by atoms with Crippen molar-refractivity contribution in [2.45, 2.75) is 19.9 Å². The largest absolute Gasteiger partial charge is 0.365 e. The number of amides is 3. The van der Waals surface area contributed by atoms with Crippen LogP contribution < -0.4 is 16.4 Å². The number of hydrogen-bond donors (Lipinski definition) is 3. The number of anilines is 2.